The number of benzene rings is 1. The lowest BCUT2D eigenvalue weighted by Crippen LogP contribution is -2.11. The van der Waals surface area contributed by atoms with Crippen LogP contribution in [0.1, 0.15) is 22.8 Å². The van der Waals surface area contributed by atoms with Crippen LogP contribution in [0.5, 0.6) is 5.75 Å². The second-order valence-electron chi connectivity index (χ2n) is 3.87. The van der Waals surface area contributed by atoms with Gasteiger partial charge in [-0.05, 0) is 35.0 Å². The quantitative estimate of drug-likeness (QED) is 0.785. The summed E-state index contributed by atoms with van der Waals surface area (Å²) in [5.41, 5.74) is 1.00. The Morgan fingerprint density at radius 3 is 2.75 bits per heavy atom. The summed E-state index contributed by atoms with van der Waals surface area (Å²) in [5.74, 6) is 0.271. The zero-order valence-corrected chi connectivity index (χ0v) is 12.5. The van der Waals surface area contributed by atoms with Gasteiger partial charge in [-0.25, -0.2) is 4.79 Å². The molecule has 0 aliphatic heterocycles. The van der Waals surface area contributed by atoms with Gasteiger partial charge in [0.15, 0.2) is 0 Å². The third-order valence-electron chi connectivity index (χ3n) is 2.53. The summed E-state index contributed by atoms with van der Waals surface area (Å²) >= 11 is 3.40. The molecule has 6 heteroatoms. The molecule has 0 aliphatic rings. The lowest BCUT2D eigenvalue weighted by molar-refractivity contribution is 0.0522. The molecular weight excluding hydrogens is 324 g/mol. The van der Waals surface area contributed by atoms with Gasteiger partial charge >= 0.3 is 5.97 Å². The molecule has 5 nitrogen and oxygen atoms in total. The molecule has 0 unspecified atom stereocenters. The van der Waals surface area contributed by atoms with E-state index in [1.165, 1.54) is 12.4 Å². The summed E-state index contributed by atoms with van der Waals surface area (Å²) in [6.45, 7) is 2.28. The van der Waals surface area contributed by atoms with Crippen molar-refractivity contribution in [2.75, 3.05) is 6.61 Å². The van der Waals surface area contributed by atoms with E-state index in [-0.39, 0.29) is 6.61 Å². The molecule has 20 heavy (non-hydrogen) atoms. The van der Waals surface area contributed by atoms with Crippen molar-refractivity contribution >= 4 is 21.9 Å². The van der Waals surface area contributed by atoms with Gasteiger partial charge in [0.25, 0.3) is 0 Å². The first-order valence-electron chi connectivity index (χ1n) is 6.06. The highest BCUT2D eigenvalue weighted by Crippen LogP contribution is 2.25. The molecule has 1 aromatic carbocycles. The molecule has 0 radical (unpaired) electrons. The van der Waals surface area contributed by atoms with Crippen LogP contribution in [0.3, 0.4) is 0 Å². The van der Waals surface area contributed by atoms with Crippen molar-refractivity contribution in [2.24, 2.45) is 0 Å². The number of carbonyl (C=O) groups is 1. The van der Waals surface area contributed by atoms with Gasteiger partial charge in [0.1, 0.15) is 12.4 Å². The Balaban J connectivity index is 2.14. The van der Waals surface area contributed by atoms with Crippen LogP contribution in [0.4, 0.5) is 0 Å². The van der Waals surface area contributed by atoms with Crippen molar-refractivity contribution in [3.8, 4) is 5.75 Å². The van der Waals surface area contributed by atoms with E-state index in [1.54, 1.807) is 6.92 Å². The fourth-order valence-electron chi connectivity index (χ4n) is 1.57. The number of halogens is 1. The molecule has 0 bridgehead atoms. The Hall–Kier alpha value is -1.95. The van der Waals surface area contributed by atoms with Crippen molar-refractivity contribution in [1.29, 1.82) is 0 Å². The molecular formula is C14H13BrN2O3. The minimum atomic E-state index is -0.423. The first-order valence-corrected chi connectivity index (χ1v) is 6.85. The SMILES string of the molecule is CCOC(=O)c1cnncc1COc1ccccc1Br. The zero-order chi connectivity index (χ0) is 14.4. The Labute approximate surface area is 125 Å². The normalized spacial score (nSPS) is 10.1. The van der Waals surface area contributed by atoms with Crippen molar-refractivity contribution in [2.45, 2.75) is 13.5 Å². The predicted octanol–water partition coefficient (Wildman–Crippen LogP) is 2.99. The van der Waals surface area contributed by atoms with Crippen LogP contribution in [0.15, 0.2) is 41.1 Å². The highest BCUT2D eigenvalue weighted by molar-refractivity contribution is 9.10. The van der Waals surface area contributed by atoms with Gasteiger partial charge < -0.3 is 9.47 Å². The fraction of sp³-hybridized carbons (Fsp3) is 0.214. The molecule has 0 saturated heterocycles. The lowest BCUT2D eigenvalue weighted by Gasteiger charge is -2.10. The van der Waals surface area contributed by atoms with Gasteiger partial charge in [-0.1, -0.05) is 12.1 Å². The van der Waals surface area contributed by atoms with Crippen LogP contribution in [0.2, 0.25) is 0 Å². The standard InChI is InChI=1S/C14H13BrN2O3/c1-2-19-14(18)11-8-17-16-7-10(11)9-20-13-6-4-3-5-12(13)15/h3-8H,2,9H2,1H3. The summed E-state index contributed by atoms with van der Waals surface area (Å²) < 4.78 is 11.5. The van der Waals surface area contributed by atoms with Crippen LogP contribution < -0.4 is 4.74 Å². The third kappa shape index (κ3) is 3.54. The number of nitrogens with zero attached hydrogens (tertiary/aromatic N) is 2. The van der Waals surface area contributed by atoms with E-state index in [9.17, 15) is 4.79 Å². The topological polar surface area (TPSA) is 61.3 Å². The lowest BCUT2D eigenvalue weighted by atomic mass is 10.2. The maximum absolute atomic E-state index is 11.8. The number of esters is 1. The molecule has 0 saturated carbocycles. The van der Waals surface area contributed by atoms with Gasteiger partial charge in [0.05, 0.1) is 29.0 Å². The smallest absolute Gasteiger partial charge is 0.340 e. The number of para-hydroxylation sites is 1. The Bertz CT molecular complexity index is 604. The summed E-state index contributed by atoms with van der Waals surface area (Å²) in [6.07, 6.45) is 2.89. The van der Waals surface area contributed by atoms with Crippen LogP contribution in [-0.4, -0.2) is 22.8 Å². The number of carbonyl (C=O) groups excluding carboxylic acids is 1. The fourth-order valence-corrected chi connectivity index (χ4v) is 1.97. The number of aromatic nitrogens is 2. The van der Waals surface area contributed by atoms with Crippen molar-refractivity contribution < 1.29 is 14.3 Å². The second kappa shape index (κ2) is 7.00. The summed E-state index contributed by atoms with van der Waals surface area (Å²) in [7, 11) is 0. The van der Waals surface area contributed by atoms with E-state index >= 15 is 0 Å². The molecule has 2 rings (SSSR count). The number of ether oxygens (including phenoxy) is 2. The molecule has 0 spiro atoms. The Morgan fingerprint density at radius 2 is 2.00 bits per heavy atom. The average Bonchev–Trinajstić information content (AvgIpc) is 2.47. The van der Waals surface area contributed by atoms with E-state index in [2.05, 4.69) is 26.1 Å². The molecule has 104 valence electrons. The van der Waals surface area contributed by atoms with Crippen LogP contribution >= 0.6 is 15.9 Å². The summed E-state index contributed by atoms with van der Waals surface area (Å²) in [6, 6.07) is 7.49. The number of hydrogen-bond acceptors (Lipinski definition) is 5. The second-order valence-corrected chi connectivity index (χ2v) is 4.72. The average molecular weight is 337 g/mol. The first-order chi connectivity index (χ1) is 9.72. The van der Waals surface area contributed by atoms with E-state index < -0.39 is 5.97 Å². The number of rotatable bonds is 5. The van der Waals surface area contributed by atoms with Gasteiger partial charge in [-0.3, -0.25) is 0 Å². The Kier molecular flexibility index (Phi) is 5.06. The largest absolute Gasteiger partial charge is 0.488 e. The minimum absolute atomic E-state index is 0.215. The highest BCUT2D eigenvalue weighted by Gasteiger charge is 2.14. The molecule has 0 aliphatic carbocycles. The molecule has 0 amide bonds. The van der Waals surface area contributed by atoms with E-state index in [4.69, 9.17) is 9.47 Å². The van der Waals surface area contributed by atoms with E-state index in [0.717, 1.165) is 4.47 Å². The van der Waals surface area contributed by atoms with Crippen LogP contribution in [0, 0.1) is 0 Å². The van der Waals surface area contributed by atoms with Gasteiger partial charge in [0, 0.05) is 5.56 Å². The van der Waals surface area contributed by atoms with Crippen molar-refractivity contribution in [1.82, 2.24) is 10.2 Å². The van der Waals surface area contributed by atoms with Gasteiger partial charge in [-0.2, -0.15) is 10.2 Å². The van der Waals surface area contributed by atoms with Crippen LogP contribution in [-0.2, 0) is 11.3 Å². The maximum atomic E-state index is 11.8. The molecule has 1 heterocycles. The molecule has 2 aromatic rings. The van der Waals surface area contributed by atoms with Crippen molar-refractivity contribution in [3.63, 3.8) is 0 Å². The first kappa shape index (κ1) is 14.5. The third-order valence-corrected chi connectivity index (χ3v) is 3.18. The maximum Gasteiger partial charge on any atom is 0.340 e. The predicted molar refractivity (Wildman–Crippen MR) is 76.5 cm³/mol. The molecule has 0 fully saturated rings. The van der Waals surface area contributed by atoms with E-state index in [0.29, 0.717) is 23.5 Å². The van der Waals surface area contributed by atoms with Gasteiger partial charge in [-0.15, -0.1) is 0 Å². The summed E-state index contributed by atoms with van der Waals surface area (Å²) in [4.78, 5) is 11.8. The van der Waals surface area contributed by atoms with E-state index in [1.807, 2.05) is 24.3 Å². The van der Waals surface area contributed by atoms with Crippen LogP contribution in [0.25, 0.3) is 0 Å². The monoisotopic (exact) mass is 336 g/mol. The molecule has 1 aromatic heterocycles. The van der Waals surface area contributed by atoms with Crippen molar-refractivity contribution in [3.05, 3.63) is 52.3 Å². The molecule has 0 atom stereocenters. The van der Waals surface area contributed by atoms with Gasteiger partial charge in [0.2, 0.25) is 0 Å². The number of hydrogen-bond donors (Lipinski definition) is 0. The minimum Gasteiger partial charge on any atom is -0.488 e. The highest BCUT2D eigenvalue weighted by atomic mass is 79.9. The summed E-state index contributed by atoms with van der Waals surface area (Å²) in [5, 5.41) is 7.48. The molecule has 0 N–H and O–H groups in total. The Morgan fingerprint density at radius 1 is 1.25 bits per heavy atom. The zero-order valence-electron chi connectivity index (χ0n) is 10.9.